The summed E-state index contributed by atoms with van der Waals surface area (Å²) in [4.78, 5) is 27.3. The highest BCUT2D eigenvalue weighted by molar-refractivity contribution is 8.00. The van der Waals surface area contributed by atoms with Crippen molar-refractivity contribution in [2.45, 2.75) is 77.2 Å². The molecule has 7 nitrogen and oxygen atoms in total. The van der Waals surface area contributed by atoms with Gasteiger partial charge in [-0.15, -0.1) is 11.8 Å². The first-order valence-corrected chi connectivity index (χ1v) is 14.9. The van der Waals surface area contributed by atoms with Gasteiger partial charge in [-0.25, -0.2) is 0 Å². The molecule has 1 amide bonds. The molecule has 0 aromatic heterocycles. The van der Waals surface area contributed by atoms with Gasteiger partial charge >= 0.3 is 0 Å². The number of hydrogen-bond donors (Lipinski definition) is 1. The number of carbonyl (C=O) groups is 1. The molecule has 2 aromatic carbocycles. The highest BCUT2D eigenvalue weighted by atomic mass is 32.2. The fourth-order valence-corrected chi connectivity index (χ4v) is 6.24. The second-order valence-electron chi connectivity index (χ2n) is 12.7. The molecule has 2 aliphatic rings. The third kappa shape index (κ3) is 7.21. The Morgan fingerprint density at radius 2 is 1.72 bits per heavy atom. The van der Waals surface area contributed by atoms with E-state index in [1.807, 2.05) is 23.1 Å². The van der Waals surface area contributed by atoms with Crippen LogP contribution < -0.4 is 9.62 Å². The number of phenolic OH excluding ortho intramolecular Hbond substituents is 1. The summed E-state index contributed by atoms with van der Waals surface area (Å²) < 4.78 is 5.88. The molecule has 1 fully saturated rings. The van der Waals surface area contributed by atoms with E-state index in [1.54, 1.807) is 11.8 Å². The van der Waals surface area contributed by atoms with Crippen molar-refractivity contribution in [3.8, 4) is 17.2 Å². The molecule has 4 rings (SSSR count). The van der Waals surface area contributed by atoms with Crippen LogP contribution in [0.4, 0.5) is 0 Å². The van der Waals surface area contributed by atoms with Gasteiger partial charge in [-0.3, -0.25) is 4.79 Å². The molecular weight excluding hydrogens is 512 g/mol. The van der Waals surface area contributed by atoms with Crippen LogP contribution in [0.15, 0.2) is 30.3 Å². The Hall–Kier alpha value is -2.42. The Bertz CT molecular complexity index is 1140. The van der Waals surface area contributed by atoms with E-state index in [0.29, 0.717) is 31.3 Å². The summed E-state index contributed by atoms with van der Waals surface area (Å²) in [7, 11) is 2.11. The zero-order valence-electron chi connectivity index (χ0n) is 24.5. The Morgan fingerprint density at radius 3 is 2.38 bits per heavy atom. The first kappa shape index (κ1) is 29.6. The van der Waals surface area contributed by atoms with Crippen molar-refractivity contribution >= 4 is 17.7 Å². The highest BCUT2D eigenvalue weighted by Crippen LogP contribution is 2.45. The van der Waals surface area contributed by atoms with Gasteiger partial charge in [0.05, 0.1) is 12.4 Å². The molecular formula is C31H44N2O5S. The summed E-state index contributed by atoms with van der Waals surface area (Å²) in [6.45, 7) is 16.4. The maximum absolute atomic E-state index is 12.9. The van der Waals surface area contributed by atoms with Gasteiger partial charge < -0.3 is 24.5 Å². The van der Waals surface area contributed by atoms with Gasteiger partial charge in [0.25, 0.3) is 0 Å². The third-order valence-corrected chi connectivity index (χ3v) is 8.55. The predicted molar refractivity (Wildman–Crippen MR) is 157 cm³/mol. The topological polar surface area (TPSA) is 71.5 Å². The van der Waals surface area contributed by atoms with E-state index in [2.05, 4.69) is 65.6 Å². The second kappa shape index (κ2) is 12.0. The van der Waals surface area contributed by atoms with Crippen LogP contribution in [0.1, 0.15) is 82.0 Å². The summed E-state index contributed by atoms with van der Waals surface area (Å²) in [6, 6.07) is 10.0. The highest BCUT2D eigenvalue weighted by Gasteiger charge is 2.35. The molecule has 1 unspecified atom stereocenters. The number of hydrogen-bond acceptors (Lipinski definition) is 7. The Balaban J connectivity index is 1.31. The van der Waals surface area contributed by atoms with Crippen molar-refractivity contribution in [1.82, 2.24) is 9.80 Å². The molecule has 2 heterocycles. The molecule has 8 heteroatoms. The van der Waals surface area contributed by atoms with Crippen molar-refractivity contribution in [3.05, 3.63) is 52.6 Å². The predicted octanol–water partition coefficient (Wildman–Crippen LogP) is 6.18. The van der Waals surface area contributed by atoms with Crippen LogP contribution >= 0.6 is 11.8 Å². The molecule has 1 atom stereocenters. The van der Waals surface area contributed by atoms with Crippen molar-refractivity contribution in [2.75, 3.05) is 39.0 Å². The van der Waals surface area contributed by atoms with Crippen LogP contribution in [-0.4, -0.2) is 59.9 Å². The lowest BCUT2D eigenvalue weighted by atomic mass is 9.78. The molecule has 0 aliphatic carbocycles. The fourth-order valence-electron chi connectivity index (χ4n) is 5.04. The van der Waals surface area contributed by atoms with Crippen molar-refractivity contribution in [3.63, 3.8) is 0 Å². The monoisotopic (exact) mass is 556 g/mol. The number of thioether (sulfide) groups is 1. The molecule has 39 heavy (non-hydrogen) atoms. The molecule has 2 aliphatic heterocycles. The lowest BCUT2D eigenvalue weighted by molar-refractivity contribution is -0.194. The number of benzene rings is 2. The van der Waals surface area contributed by atoms with Crippen molar-refractivity contribution < 1.29 is 24.4 Å². The van der Waals surface area contributed by atoms with E-state index in [4.69, 9.17) is 14.5 Å². The van der Waals surface area contributed by atoms with Crippen molar-refractivity contribution in [2.24, 2.45) is 0 Å². The standard InChI is InChI=1S/C31H44N2O5S/c1-30(2,3)24-16-22(17-25(28(24)35)31(4,5)6)29-33(27(34)20-39-29)14-8-12-32(7)13-9-15-36-23-11-10-21-19-37-38-26(21)18-23/h10-11,16-18,29,35H,8-9,12-15,19-20H2,1-7H3. The Labute approximate surface area is 237 Å². The Morgan fingerprint density at radius 1 is 1.05 bits per heavy atom. The quantitative estimate of drug-likeness (QED) is 0.277. The lowest BCUT2D eigenvalue weighted by Gasteiger charge is -2.31. The second-order valence-corrected chi connectivity index (χ2v) is 13.8. The van der Waals surface area contributed by atoms with E-state index < -0.39 is 0 Å². The van der Waals surface area contributed by atoms with Gasteiger partial charge in [-0.2, -0.15) is 4.89 Å². The van der Waals surface area contributed by atoms with E-state index in [1.165, 1.54) is 0 Å². The van der Waals surface area contributed by atoms with E-state index in [-0.39, 0.29) is 22.1 Å². The largest absolute Gasteiger partial charge is 0.507 e. The van der Waals surface area contributed by atoms with Gasteiger partial charge in [-0.1, -0.05) is 41.5 Å². The van der Waals surface area contributed by atoms with Crippen LogP contribution in [0.5, 0.6) is 17.2 Å². The molecule has 1 N–H and O–H groups in total. The first-order valence-electron chi connectivity index (χ1n) is 13.9. The third-order valence-electron chi connectivity index (χ3n) is 7.30. The number of rotatable bonds is 10. The average molecular weight is 557 g/mol. The SMILES string of the molecule is CN(CCCOc1ccc2c(c1)OOC2)CCCN1C(=O)CSC1c1cc(C(C)(C)C)c(O)c(C(C)(C)C)c1. The van der Waals surface area contributed by atoms with Gasteiger partial charge in [0.1, 0.15) is 23.5 Å². The minimum absolute atomic E-state index is 0.0271. The summed E-state index contributed by atoms with van der Waals surface area (Å²) in [5.74, 6) is 2.58. The van der Waals surface area contributed by atoms with E-state index in [0.717, 1.165) is 59.7 Å². The van der Waals surface area contributed by atoms with Gasteiger partial charge in [0, 0.05) is 24.7 Å². The summed E-state index contributed by atoms with van der Waals surface area (Å²) in [6.07, 6.45) is 1.81. The van der Waals surface area contributed by atoms with Crippen LogP contribution in [0.25, 0.3) is 0 Å². The zero-order valence-corrected chi connectivity index (χ0v) is 25.3. The Kier molecular flexibility index (Phi) is 9.08. The minimum Gasteiger partial charge on any atom is -0.507 e. The normalized spacial score (nSPS) is 17.6. The summed E-state index contributed by atoms with van der Waals surface area (Å²) in [5, 5.41) is 11.1. The molecule has 1 saturated heterocycles. The van der Waals surface area contributed by atoms with Gasteiger partial charge in [-0.05, 0) is 78.2 Å². The van der Waals surface area contributed by atoms with E-state index >= 15 is 0 Å². The molecule has 0 spiro atoms. The van der Waals surface area contributed by atoms with Gasteiger partial charge in [0.2, 0.25) is 5.91 Å². The number of nitrogens with zero attached hydrogens (tertiary/aromatic N) is 2. The molecule has 0 saturated carbocycles. The zero-order chi connectivity index (χ0) is 28.4. The van der Waals surface area contributed by atoms with Crippen molar-refractivity contribution in [1.29, 1.82) is 0 Å². The number of phenols is 1. The van der Waals surface area contributed by atoms with E-state index in [9.17, 15) is 9.90 Å². The number of aromatic hydroxyl groups is 1. The van der Waals surface area contributed by atoms with Gasteiger partial charge in [0.15, 0.2) is 5.75 Å². The maximum Gasteiger partial charge on any atom is 0.233 e. The molecule has 0 radical (unpaired) electrons. The van der Waals surface area contributed by atoms with Crippen LogP contribution in [0, 0.1) is 0 Å². The summed E-state index contributed by atoms with van der Waals surface area (Å²) >= 11 is 1.68. The fraction of sp³-hybridized carbons (Fsp3) is 0.581. The maximum atomic E-state index is 12.9. The minimum atomic E-state index is -0.201. The molecule has 0 bridgehead atoms. The smallest absolute Gasteiger partial charge is 0.233 e. The molecule has 2 aromatic rings. The molecule has 214 valence electrons. The number of ether oxygens (including phenoxy) is 1. The lowest BCUT2D eigenvalue weighted by Crippen LogP contribution is -2.32. The summed E-state index contributed by atoms with van der Waals surface area (Å²) in [5.41, 5.74) is 3.61. The van der Waals surface area contributed by atoms with Crippen LogP contribution in [-0.2, 0) is 27.1 Å². The number of fused-ring (bicyclic) bond motifs is 1. The number of carbonyl (C=O) groups excluding carboxylic acids is 1. The first-order chi connectivity index (χ1) is 18.3. The average Bonchev–Trinajstić information content (AvgIpc) is 3.47. The van der Waals surface area contributed by atoms with Crippen LogP contribution in [0.2, 0.25) is 0 Å². The van der Waals surface area contributed by atoms with Crippen LogP contribution in [0.3, 0.4) is 0 Å². The number of amides is 1.